The maximum atomic E-state index is 13.2. The third-order valence-electron chi connectivity index (χ3n) is 4.64. The first-order valence-corrected chi connectivity index (χ1v) is 10.5. The minimum Gasteiger partial charge on any atom is -0.364 e. The Hall–Kier alpha value is -1.97. The van der Waals surface area contributed by atoms with Gasteiger partial charge in [-0.3, -0.25) is 4.21 Å². The highest BCUT2D eigenvalue weighted by Gasteiger charge is 2.32. The zero-order valence-corrected chi connectivity index (χ0v) is 16.7. The Morgan fingerprint density at radius 3 is 2.52 bits per heavy atom. The van der Waals surface area contributed by atoms with Crippen LogP contribution in [0.1, 0.15) is 24.2 Å². The van der Waals surface area contributed by atoms with Gasteiger partial charge in [0, 0.05) is 34.2 Å². The Morgan fingerprint density at radius 2 is 1.90 bits per heavy atom. The molecular weight excluding hydrogens is 410 g/mol. The van der Waals surface area contributed by atoms with Crippen LogP contribution in [0.3, 0.4) is 0 Å². The molecule has 1 heterocycles. The van der Waals surface area contributed by atoms with Crippen LogP contribution in [-0.4, -0.2) is 36.5 Å². The van der Waals surface area contributed by atoms with Crippen LogP contribution in [-0.2, 0) is 26.4 Å². The maximum Gasteiger partial charge on any atom is 0.416 e. The molecule has 2 aromatic rings. The summed E-state index contributed by atoms with van der Waals surface area (Å²) in [4.78, 5) is 2.04. The molecule has 158 valence electrons. The van der Waals surface area contributed by atoms with E-state index in [-0.39, 0.29) is 16.3 Å². The molecule has 0 bridgehead atoms. The van der Waals surface area contributed by atoms with E-state index in [9.17, 15) is 21.8 Å². The van der Waals surface area contributed by atoms with Gasteiger partial charge in [0.1, 0.15) is 5.82 Å². The zero-order chi connectivity index (χ0) is 21.2. The van der Waals surface area contributed by atoms with Crippen molar-refractivity contribution in [1.82, 2.24) is 0 Å². The molecule has 9 heteroatoms. The number of hydrogen-bond acceptors (Lipinski definition) is 4. The molecule has 0 spiro atoms. The number of morpholine rings is 1. The molecule has 3 atom stereocenters. The van der Waals surface area contributed by atoms with Crippen LogP contribution < -0.4 is 4.90 Å². The highest BCUT2D eigenvalue weighted by Crippen LogP contribution is 2.34. The Kier molecular flexibility index (Phi) is 6.60. The molecular formula is C20H21F4NO3S. The van der Waals surface area contributed by atoms with Gasteiger partial charge in [-0.1, -0.05) is 0 Å². The van der Waals surface area contributed by atoms with E-state index in [4.69, 9.17) is 9.47 Å². The van der Waals surface area contributed by atoms with Crippen molar-refractivity contribution in [1.29, 1.82) is 0 Å². The maximum absolute atomic E-state index is 13.2. The molecule has 0 saturated carbocycles. The van der Waals surface area contributed by atoms with Crippen LogP contribution >= 0.6 is 0 Å². The van der Waals surface area contributed by atoms with Crippen LogP contribution in [0.15, 0.2) is 47.4 Å². The summed E-state index contributed by atoms with van der Waals surface area (Å²) in [6.45, 7) is 2.92. The van der Waals surface area contributed by atoms with Crippen molar-refractivity contribution in [3.63, 3.8) is 0 Å². The van der Waals surface area contributed by atoms with E-state index in [1.165, 1.54) is 24.5 Å². The van der Waals surface area contributed by atoms with E-state index in [0.29, 0.717) is 19.7 Å². The largest absolute Gasteiger partial charge is 0.416 e. The lowest BCUT2D eigenvalue weighted by Gasteiger charge is -2.35. The molecule has 0 radical (unpaired) electrons. The molecule has 3 rings (SSSR count). The third kappa shape index (κ3) is 5.55. The average Bonchev–Trinajstić information content (AvgIpc) is 2.67. The number of hydrogen-bond donors (Lipinski definition) is 0. The van der Waals surface area contributed by atoms with Crippen LogP contribution in [0.25, 0.3) is 0 Å². The molecule has 0 N–H and O–H groups in total. The molecule has 1 aliphatic rings. The second kappa shape index (κ2) is 8.81. The van der Waals surface area contributed by atoms with Gasteiger partial charge in [0.15, 0.2) is 6.29 Å². The minimum absolute atomic E-state index is 0.0859. The first-order valence-electron chi connectivity index (χ1n) is 8.96. The Bertz CT molecular complexity index is 873. The lowest BCUT2D eigenvalue weighted by molar-refractivity contribution is -0.171. The topological polar surface area (TPSA) is 38.8 Å². The highest BCUT2D eigenvalue weighted by atomic mass is 32.2. The lowest BCUT2D eigenvalue weighted by Crippen LogP contribution is -2.44. The molecule has 1 fully saturated rings. The van der Waals surface area contributed by atoms with E-state index in [1.807, 2.05) is 4.90 Å². The summed E-state index contributed by atoms with van der Waals surface area (Å²) in [7, 11) is -1.57. The SMILES string of the molecule is C[C@@H](O[C@@H]1CN(c2ccc(F)cc2)CCO1)c1cc(S(C)=O)cc(C(F)(F)F)c1. The van der Waals surface area contributed by atoms with Gasteiger partial charge in [0.2, 0.25) is 0 Å². The zero-order valence-electron chi connectivity index (χ0n) is 15.9. The van der Waals surface area contributed by atoms with Crippen molar-refractivity contribution in [3.8, 4) is 0 Å². The smallest absolute Gasteiger partial charge is 0.364 e. The summed E-state index contributed by atoms with van der Waals surface area (Å²) < 4.78 is 75.9. The summed E-state index contributed by atoms with van der Waals surface area (Å²) in [6.07, 6.45) is -4.60. The number of benzene rings is 2. The standard InChI is InChI=1S/C20H21F4NO3S/c1-13(14-9-15(20(22,23)24)11-18(10-14)29(2)26)28-19-12-25(7-8-27-19)17-5-3-16(21)4-6-17/h3-6,9-11,13,19H,7-8,12H2,1-2H3/t13-,19-,29?/m1/s1. The number of anilines is 1. The summed E-state index contributed by atoms with van der Waals surface area (Å²) in [5, 5.41) is 0. The first-order chi connectivity index (χ1) is 13.6. The van der Waals surface area contributed by atoms with Gasteiger partial charge >= 0.3 is 6.18 Å². The molecule has 0 aromatic heterocycles. The van der Waals surface area contributed by atoms with E-state index in [2.05, 4.69) is 0 Å². The number of halogens is 4. The van der Waals surface area contributed by atoms with Crippen molar-refractivity contribution in [2.24, 2.45) is 0 Å². The Morgan fingerprint density at radius 1 is 1.21 bits per heavy atom. The fourth-order valence-electron chi connectivity index (χ4n) is 3.08. The number of rotatable bonds is 5. The molecule has 1 saturated heterocycles. The lowest BCUT2D eigenvalue weighted by atomic mass is 10.1. The summed E-state index contributed by atoms with van der Waals surface area (Å²) in [6, 6.07) is 9.36. The quantitative estimate of drug-likeness (QED) is 0.653. The fourth-order valence-corrected chi connectivity index (χ4v) is 3.67. The molecule has 29 heavy (non-hydrogen) atoms. The Balaban J connectivity index is 1.75. The number of nitrogens with zero attached hydrogens (tertiary/aromatic N) is 1. The van der Waals surface area contributed by atoms with Gasteiger partial charge in [0.25, 0.3) is 0 Å². The van der Waals surface area contributed by atoms with Gasteiger partial charge in [-0.05, 0) is 55.0 Å². The summed E-state index contributed by atoms with van der Waals surface area (Å²) in [5.74, 6) is -0.336. The van der Waals surface area contributed by atoms with Crippen molar-refractivity contribution in [3.05, 3.63) is 59.4 Å². The fraction of sp³-hybridized carbons (Fsp3) is 0.400. The van der Waals surface area contributed by atoms with E-state index in [1.54, 1.807) is 19.1 Å². The molecule has 1 unspecified atom stereocenters. The summed E-state index contributed by atoms with van der Waals surface area (Å²) >= 11 is 0. The number of ether oxygens (including phenoxy) is 2. The van der Waals surface area contributed by atoms with Crippen molar-refractivity contribution < 1.29 is 31.2 Å². The van der Waals surface area contributed by atoms with E-state index >= 15 is 0 Å². The highest BCUT2D eigenvalue weighted by molar-refractivity contribution is 7.84. The van der Waals surface area contributed by atoms with Gasteiger partial charge in [-0.25, -0.2) is 4.39 Å². The van der Waals surface area contributed by atoms with Crippen LogP contribution in [0, 0.1) is 5.82 Å². The average molecular weight is 431 g/mol. The Labute approximate surface area is 168 Å². The van der Waals surface area contributed by atoms with Crippen LogP contribution in [0.5, 0.6) is 0 Å². The second-order valence-corrected chi connectivity index (χ2v) is 8.12. The second-order valence-electron chi connectivity index (χ2n) is 6.74. The van der Waals surface area contributed by atoms with Gasteiger partial charge in [-0.2, -0.15) is 13.2 Å². The number of alkyl halides is 3. The normalized spacial score (nSPS) is 19.8. The summed E-state index contributed by atoms with van der Waals surface area (Å²) in [5.41, 5.74) is 0.208. The van der Waals surface area contributed by atoms with Gasteiger partial charge < -0.3 is 14.4 Å². The van der Waals surface area contributed by atoms with E-state index in [0.717, 1.165) is 17.8 Å². The predicted molar refractivity (Wildman–Crippen MR) is 102 cm³/mol. The van der Waals surface area contributed by atoms with Crippen molar-refractivity contribution in [2.75, 3.05) is 30.9 Å². The van der Waals surface area contributed by atoms with Gasteiger partial charge in [-0.15, -0.1) is 0 Å². The predicted octanol–water partition coefficient (Wildman–Crippen LogP) is 4.52. The van der Waals surface area contributed by atoms with Crippen LogP contribution in [0.2, 0.25) is 0 Å². The van der Waals surface area contributed by atoms with Crippen molar-refractivity contribution >= 4 is 16.5 Å². The van der Waals surface area contributed by atoms with Crippen molar-refractivity contribution in [2.45, 2.75) is 30.4 Å². The van der Waals surface area contributed by atoms with Crippen LogP contribution in [0.4, 0.5) is 23.2 Å². The molecule has 4 nitrogen and oxygen atoms in total. The van der Waals surface area contributed by atoms with Gasteiger partial charge in [0.05, 0.1) is 24.8 Å². The molecule has 2 aromatic carbocycles. The van der Waals surface area contributed by atoms with E-state index < -0.39 is 34.9 Å². The molecule has 0 amide bonds. The minimum atomic E-state index is -4.55. The molecule has 1 aliphatic heterocycles. The monoisotopic (exact) mass is 431 g/mol. The third-order valence-corrected chi connectivity index (χ3v) is 5.54. The first kappa shape index (κ1) is 21.7. The molecule has 0 aliphatic carbocycles.